The zero-order chi connectivity index (χ0) is 18.4. The Morgan fingerprint density at radius 2 is 2.00 bits per heavy atom. The van der Waals surface area contributed by atoms with Gasteiger partial charge in [0.1, 0.15) is 0 Å². The second-order valence-corrected chi connectivity index (χ2v) is 9.34. The third-order valence-electron chi connectivity index (χ3n) is 5.45. The van der Waals surface area contributed by atoms with E-state index < -0.39 is 10.0 Å². The standard InChI is InChI=1S/C19H23N3O3S/c1-3-26(23,24)22-10-9-19(12-22)13-25-11-16-14(2)20-18(21-17(16)19)15-7-5-4-6-8-15/h4-8H,3,9-13H2,1-2H3/t19-/m1/s1. The molecule has 2 aromatic rings. The average Bonchev–Trinajstić information content (AvgIpc) is 3.09. The van der Waals surface area contributed by atoms with E-state index in [4.69, 9.17) is 9.72 Å². The zero-order valence-electron chi connectivity index (χ0n) is 15.1. The first-order valence-electron chi connectivity index (χ1n) is 8.94. The summed E-state index contributed by atoms with van der Waals surface area (Å²) in [7, 11) is -3.21. The first kappa shape index (κ1) is 17.6. The molecule has 0 bridgehead atoms. The molecule has 1 fully saturated rings. The summed E-state index contributed by atoms with van der Waals surface area (Å²) in [6.45, 7) is 5.60. The van der Waals surface area contributed by atoms with Crippen molar-refractivity contribution in [3.8, 4) is 11.4 Å². The molecule has 6 nitrogen and oxygen atoms in total. The minimum absolute atomic E-state index is 0.120. The van der Waals surface area contributed by atoms with Crippen molar-refractivity contribution in [3.63, 3.8) is 0 Å². The molecule has 1 spiro atoms. The fourth-order valence-electron chi connectivity index (χ4n) is 3.91. The van der Waals surface area contributed by atoms with Gasteiger partial charge in [0.15, 0.2) is 5.82 Å². The molecule has 0 aliphatic carbocycles. The lowest BCUT2D eigenvalue weighted by Gasteiger charge is -2.35. The number of sulfonamides is 1. The molecule has 3 heterocycles. The number of nitrogens with zero attached hydrogens (tertiary/aromatic N) is 3. The molecule has 2 aliphatic heterocycles. The monoisotopic (exact) mass is 373 g/mol. The molecular weight excluding hydrogens is 350 g/mol. The van der Waals surface area contributed by atoms with E-state index in [1.807, 2.05) is 37.3 Å². The number of hydrogen-bond acceptors (Lipinski definition) is 5. The van der Waals surface area contributed by atoms with Crippen molar-refractivity contribution in [1.82, 2.24) is 14.3 Å². The van der Waals surface area contributed by atoms with Gasteiger partial charge < -0.3 is 4.74 Å². The van der Waals surface area contributed by atoms with Crippen LogP contribution in [0.4, 0.5) is 0 Å². The number of benzene rings is 1. The maximum absolute atomic E-state index is 12.3. The quantitative estimate of drug-likeness (QED) is 0.825. The summed E-state index contributed by atoms with van der Waals surface area (Å²) in [4.78, 5) is 9.58. The van der Waals surface area contributed by atoms with Gasteiger partial charge in [-0.25, -0.2) is 22.7 Å². The summed E-state index contributed by atoms with van der Waals surface area (Å²) in [5.74, 6) is 0.814. The Morgan fingerprint density at radius 3 is 2.73 bits per heavy atom. The van der Waals surface area contributed by atoms with E-state index in [0.29, 0.717) is 32.1 Å². The Labute approximate surface area is 154 Å². The summed E-state index contributed by atoms with van der Waals surface area (Å²) in [5, 5.41) is 0. The molecule has 1 saturated heterocycles. The van der Waals surface area contributed by atoms with Gasteiger partial charge in [-0.2, -0.15) is 0 Å². The van der Waals surface area contributed by atoms with Crippen LogP contribution in [0.25, 0.3) is 11.4 Å². The molecule has 1 aromatic heterocycles. The van der Waals surface area contributed by atoms with Crippen LogP contribution in [0.1, 0.15) is 30.3 Å². The normalized spacial score (nSPS) is 23.3. The highest BCUT2D eigenvalue weighted by molar-refractivity contribution is 7.89. The molecule has 0 saturated carbocycles. The molecular formula is C19H23N3O3S. The lowest BCUT2D eigenvalue weighted by molar-refractivity contribution is 0.0527. The van der Waals surface area contributed by atoms with Crippen molar-refractivity contribution in [2.45, 2.75) is 32.3 Å². The van der Waals surface area contributed by atoms with Crippen LogP contribution in [-0.2, 0) is 26.8 Å². The van der Waals surface area contributed by atoms with Gasteiger partial charge in [0, 0.05) is 29.9 Å². The maximum Gasteiger partial charge on any atom is 0.213 e. The molecule has 26 heavy (non-hydrogen) atoms. The van der Waals surface area contributed by atoms with Gasteiger partial charge >= 0.3 is 0 Å². The highest BCUT2D eigenvalue weighted by Crippen LogP contribution is 2.41. The molecule has 1 atom stereocenters. The van der Waals surface area contributed by atoms with Crippen molar-refractivity contribution in [2.24, 2.45) is 0 Å². The van der Waals surface area contributed by atoms with Crippen LogP contribution in [-0.4, -0.2) is 48.1 Å². The first-order chi connectivity index (χ1) is 12.5. The van der Waals surface area contributed by atoms with Crippen LogP contribution in [0.3, 0.4) is 0 Å². The molecule has 0 N–H and O–H groups in total. The summed E-state index contributed by atoms with van der Waals surface area (Å²) < 4.78 is 32.1. The average molecular weight is 373 g/mol. The van der Waals surface area contributed by atoms with Crippen LogP contribution < -0.4 is 0 Å². The largest absolute Gasteiger partial charge is 0.376 e. The zero-order valence-corrected chi connectivity index (χ0v) is 15.9. The lowest BCUT2D eigenvalue weighted by atomic mass is 9.80. The Kier molecular flexibility index (Phi) is 4.33. The molecule has 4 rings (SSSR count). The first-order valence-corrected chi connectivity index (χ1v) is 10.5. The predicted octanol–water partition coefficient (Wildman–Crippen LogP) is 2.28. The third-order valence-corrected chi connectivity index (χ3v) is 7.28. The molecule has 138 valence electrons. The van der Waals surface area contributed by atoms with Gasteiger partial charge in [-0.3, -0.25) is 0 Å². The van der Waals surface area contributed by atoms with E-state index in [-0.39, 0.29) is 11.2 Å². The van der Waals surface area contributed by atoms with Gasteiger partial charge in [0.25, 0.3) is 0 Å². The van der Waals surface area contributed by atoms with E-state index in [1.54, 1.807) is 11.2 Å². The smallest absolute Gasteiger partial charge is 0.213 e. The van der Waals surface area contributed by atoms with Crippen molar-refractivity contribution in [1.29, 1.82) is 0 Å². The fraction of sp³-hybridized carbons (Fsp3) is 0.474. The minimum atomic E-state index is -3.21. The molecule has 0 radical (unpaired) electrons. The van der Waals surface area contributed by atoms with Gasteiger partial charge in [0.05, 0.1) is 30.1 Å². The number of aryl methyl sites for hydroxylation is 1. The third kappa shape index (κ3) is 2.84. The molecule has 7 heteroatoms. The van der Waals surface area contributed by atoms with E-state index in [9.17, 15) is 8.42 Å². The Bertz CT molecular complexity index is 931. The van der Waals surface area contributed by atoms with Crippen molar-refractivity contribution >= 4 is 10.0 Å². The topological polar surface area (TPSA) is 72.4 Å². The summed E-state index contributed by atoms with van der Waals surface area (Å²) in [6, 6.07) is 9.90. The van der Waals surface area contributed by atoms with Crippen LogP contribution >= 0.6 is 0 Å². The van der Waals surface area contributed by atoms with Gasteiger partial charge in [-0.05, 0) is 20.3 Å². The Hall–Kier alpha value is -1.83. The minimum Gasteiger partial charge on any atom is -0.376 e. The van der Waals surface area contributed by atoms with Crippen LogP contribution in [0, 0.1) is 6.92 Å². The second kappa shape index (κ2) is 6.40. The number of fused-ring (bicyclic) bond motifs is 2. The van der Waals surface area contributed by atoms with Crippen LogP contribution in [0.15, 0.2) is 30.3 Å². The van der Waals surface area contributed by atoms with Crippen LogP contribution in [0.2, 0.25) is 0 Å². The SMILES string of the molecule is CCS(=O)(=O)N1CC[C@]2(COCc3c(C)nc(-c4ccccc4)nc32)C1. The number of hydrogen-bond donors (Lipinski definition) is 0. The molecule has 0 unspecified atom stereocenters. The van der Waals surface area contributed by atoms with Crippen molar-refractivity contribution in [3.05, 3.63) is 47.3 Å². The number of ether oxygens (including phenoxy) is 1. The Morgan fingerprint density at radius 1 is 1.23 bits per heavy atom. The summed E-state index contributed by atoms with van der Waals surface area (Å²) in [6.07, 6.45) is 0.726. The second-order valence-electron chi connectivity index (χ2n) is 7.08. The van der Waals surface area contributed by atoms with Crippen molar-refractivity contribution < 1.29 is 13.2 Å². The maximum atomic E-state index is 12.3. The molecule has 0 amide bonds. The fourth-order valence-corrected chi connectivity index (χ4v) is 5.08. The number of aromatic nitrogens is 2. The number of rotatable bonds is 3. The molecule has 2 aliphatic rings. The predicted molar refractivity (Wildman–Crippen MR) is 99.2 cm³/mol. The highest BCUT2D eigenvalue weighted by atomic mass is 32.2. The Balaban J connectivity index is 1.80. The summed E-state index contributed by atoms with van der Waals surface area (Å²) >= 11 is 0. The van der Waals surface area contributed by atoms with Crippen molar-refractivity contribution in [2.75, 3.05) is 25.4 Å². The summed E-state index contributed by atoms with van der Waals surface area (Å²) in [5.41, 5.74) is 3.46. The van der Waals surface area contributed by atoms with E-state index in [0.717, 1.165) is 28.9 Å². The highest BCUT2D eigenvalue weighted by Gasteiger charge is 2.48. The molecule has 1 aromatic carbocycles. The lowest BCUT2D eigenvalue weighted by Crippen LogP contribution is -2.42. The van der Waals surface area contributed by atoms with E-state index >= 15 is 0 Å². The van der Waals surface area contributed by atoms with E-state index in [2.05, 4.69) is 4.98 Å². The van der Waals surface area contributed by atoms with Gasteiger partial charge in [0.2, 0.25) is 10.0 Å². The van der Waals surface area contributed by atoms with Gasteiger partial charge in [-0.15, -0.1) is 0 Å². The van der Waals surface area contributed by atoms with Gasteiger partial charge in [-0.1, -0.05) is 30.3 Å². The van der Waals surface area contributed by atoms with Crippen LogP contribution in [0.5, 0.6) is 0 Å². The van der Waals surface area contributed by atoms with E-state index in [1.165, 1.54) is 0 Å².